The number of hydrogen-bond acceptors (Lipinski definition) is 3. The largest absolute Gasteiger partial charge is 0.492 e. The van der Waals surface area contributed by atoms with Gasteiger partial charge in [-0.2, -0.15) is 0 Å². The summed E-state index contributed by atoms with van der Waals surface area (Å²) >= 11 is 0. The van der Waals surface area contributed by atoms with E-state index in [1.807, 2.05) is 24.3 Å². The summed E-state index contributed by atoms with van der Waals surface area (Å²) in [6.45, 7) is 7.27. The number of hydrogen-bond donors (Lipinski definition) is 0. The molecule has 3 heteroatoms. The highest BCUT2D eigenvalue weighted by molar-refractivity contribution is 5.28. The number of rotatable bonds is 8. The van der Waals surface area contributed by atoms with E-state index in [-0.39, 0.29) is 0 Å². The fourth-order valence-corrected chi connectivity index (χ4v) is 2.16. The second kappa shape index (κ2) is 8.44. The van der Waals surface area contributed by atoms with Crippen molar-refractivity contribution in [1.29, 1.82) is 0 Å². The van der Waals surface area contributed by atoms with E-state index in [1.54, 1.807) is 0 Å². The first kappa shape index (κ1) is 16.4. The third-order valence-corrected chi connectivity index (χ3v) is 3.46. The molecule has 0 N–H and O–H groups in total. The SMILES string of the molecule is Cc1cccc(OCCN(C)CCOc2cccc(C)c2)c1. The summed E-state index contributed by atoms with van der Waals surface area (Å²) in [5.41, 5.74) is 2.44. The van der Waals surface area contributed by atoms with Gasteiger partial charge in [-0.1, -0.05) is 24.3 Å². The Hall–Kier alpha value is -2.00. The van der Waals surface area contributed by atoms with Crippen molar-refractivity contribution in [3.63, 3.8) is 0 Å². The molecule has 0 amide bonds. The predicted octanol–water partition coefficient (Wildman–Crippen LogP) is 3.69. The number of benzene rings is 2. The molecule has 0 aliphatic rings. The van der Waals surface area contributed by atoms with Crippen LogP contribution >= 0.6 is 0 Å². The van der Waals surface area contributed by atoms with E-state index < -0.39 is 0 Å². The molecule has 0 saturated carbocycles. The van der Waals surface area contributed by atoms with Crippen LogP contribution in [0.4, 0.5) is 0 Å². The quantitative estimate of drug-likeness (QED) is 0.742. The molecule has 0 aliphatic carbocycles. The molecule has 0 bridgehead atoms. The van der Waals surface area contributed by atoms with Gasteiger partial charge in [-0.25, -0.2) is 0 Å². The van der Waals surface area contributed by atoms with E-state index in [2.05, 4.69) is 50.1 Å². The van der Waals surface area contributed by atoms with Crippen LogP contribution in [0.25, 0.3) is 0 Å². The molecule has 22 heavy (non-hydrogen) atoms. The third-order valence-electron chi connectivity index (χ3n) is 3.46. The van der Waals surface area contributed by atoms with E-state index in [9.17, 15) is 0 Å². The maximum absolute atomic E-state index is 5.76. The van der Waals surface area contributed by atoms with Gasteiger partial charge in [-0.15, -0.1) is 0 Å². The van der Waals surface area contributed by atoms with Crippen LogP contribution in [0.3, 0.4) is 0 Å². The smallest absolute Gasteiger partial charge is 0.119 e. The lowest BCUT2D eigenvalue weighted by Crippen LogP contribution is -2.28. The molecular formula is C19H25NO2. The monoisotopic (exact) mass is 299 g/mol. The van der Waals surface area contributed by atoms with Crippen molar-refractivity contribution in [2.45, 2.75) is 13.8 Å². The molecule has 0 saturated heterocycles. The first-order valence-electron chi connectivity index (χ1n) is 7.71. The van der Waals surface area contributed by atoms with E-state index >= 15 is 0 Å². The second-order valence-corrected chi connectivity index (χ2v) is 5.63. The molecule has 2 aromatic carbocycles. The molecule has 0 aliphatic heterocycles. The van der Waals surface area contributed by atoms with Crippen molar-refractivity contribution >= 4 is 0 Å². The van der Waals surface area contributed by atoms with Crippen molar-refractivity contribution in [3.05, 3.63) is 59.7 Å². The van der Waals surface area contributed by atoms with Crippen LogP contribution in [0.2, 0.25) is 0 Å². The normalized spacial score (nSPS) is 10.7. The van der Waals surface area contributed by atoms with Gasteiger partial charge in [0, 0.05) is 13.1 Å². The number of aryl methyl sites for hydroxylation is 2. The highest BCUT2D eigenvalue weighted by Gasteiger charge is 2.01. The summed E-state index contributed by atoms with van der Waals surface area (Å²) < 4.78 is 11.5. The molecule has 0 atom stereocenters. The van der Waals surface area contributed by atoms with Crippen LogP contribution in [-0.4, -0.2) is 38.3 Å². The molecule has 0 aromatic heterocycles. The fraction of sp³-hybridized carbons (Fsp3) is 0.368. The van der Waals surface area contributed by atoms with Crippen molar-refractivity contribution in [2.24, 2.45) is 0 Å². The van der Waals surface area contributed by atoms with Crippen LogP contribution in [0.5, 0.6) is 11.5 Å². The van der Waals surface area contributed by atoms with Gasteiger partial charge in [0.2, 0.25) is 0 Å². The van der Waals surface area contributed by atoms with Gasteiger partial charge < -0.3 is 9.47 Å². The van der Waals surface area contributed by atoms with Crippen LogP contribution in [0.1, 0.15) is 11.1 Å². The Morgan fingerprint density at radius 2 is 1.23 bits per heavy atom. The molecule has 0 unspecified atom stereocenters. The Balaban J connectivity index is 1.62. The van der Waals surface area contributed by atoms with Gasteiger partial charge in [0.15, 0.2) is 0 Å². The summed E-state index contributed by atoms with van der Waals surface area (Å²) in [6.07, 6.45) is 0. The predicted molar refractivity (Wildman–Crippen MR) is 90.8 cm³/mol. The lowest BCUT2D eigenvalue weighted by atomic mass is 10.2. The fourth-order valence-electron chi connectivity index (χ4n) is 2.16. The molecule has 0 radical (unpaired) electrons. The highest BCUT2D eigenvalue weighted by Crippen LogP contribution is 2.13. The average molecular weight is 299 g/mol. The van der Waals surface area contributed by atoms with Crippen LogP contribution in [-0.2, 0) is 0 Å². The van der Waals surface area contributed by atoms with Gasteiger partial charge in [0.25, 0.3) is 0 Å². The molecule has 3 nitrogen and oxygen atoms in total. The highest BCUT2D eigenvalue weighted by atomic mass is 16.5. The zero-order valence-electron chi connectivity index (χ0n) is 13.7. The lowest BCUT2D eigenvalue weighted by Gasteiger charge is -2.17. The zero-order chi connectivity index (χ0) is 15.8. The minimum Gasteiger partial charge on any atom is -0.492 e. The Morgan fingerprint density at radius 3 is 1.64 bits per heavy atom. The maximum Gasteiger partial charge on any atom is 0.119 e. The number of nitrogens with zero attached hydrogens (tertiary/aromatic N) is 1. The van der Waals surface area contributed by atoms with Gasteiger partial charge in [0.05, 0.1) is 0 Å². The Labute approximate surface area is 133 Å². The van der Waals surface area contributed by atoms with Crippen molar-refractivity contribution in [3.8, 4) is 11.5 Å². The van der Waals surface area contributed by atoms with E-state index in [1.165, 1.54) is 11.1 Å². The van der Waals surface area contributed by atoms with Crippen molar-refractivity contribution in [1.82, 2.24) is 4.90 Å². The maximum atomic E-state index is 5.76. The van der Waals surface area contributed by atoms with Gasteiger partial charge in [-0.3, -0.25) is 4.90 Å². The van der Waals surface area contributed by atoms with Gasteiger partial charge >= 0.3 is 0 Å². The van der Waals surface area contributed by atoms with Gasteiger partial charge in [0.1, 0.15) is 24.7 Å². The summed E-state index contributed by atoms with van der Waals surface area (Å²) in [5, 5.41) is 0. The van der Waals surface area contributed by atoms with Gasteiger partial charge in [-0.05, 0) is 56.3 Å². The molecule has 0 fully saturated rings. The van der Waals surface area contributed by atoms with Crippen LogP contribution < -0.4 is 9.47 Å². The number of likely N-dealkylation sites (N-methyl/N-ethyl adjacent to an activating group) is 1. The summed E-state index contributed by atoms with van der Waals surface area (Å²) in [5.74, 6) is 1.87. The standard InChI is InChI=1S/C19H25NO2/c1-16-6-4-8-18(14-16)21-12-10-20(3)11-13-22-19-9-5-7-17(2)15-19/h4-9,14-15H,10-13H2,1-3H3. The molecule has 0 heterocycles. The molecule has 0 spiro atoms. The molecular weight excluding hydrogens is 274 g/mol. The molecule has 2 aromatic rings. The Bertz CT molecular complexity index is 532. The average Bonchev–Trinajstić information content (AvgIpc) is 2.47. The first-order chi connectivity index (χ1) is 10.6. The molecule has 2 rings (SSSR count). The van der Waals surface area contributed by atoms with Crippen molar-refractivity contribution in [2.75, 3.05) is 33.4 Å². The summed E-state index contributed by atoms with van der Waals surface area (Å²) in [7, 11) is 2.08. The van der Waals surface area contributed by atoms with E-state index in [0.29, 0.717) is 13.2 Å². The topological polar surface area (TPSA) is 21.7 Å². The number of ether oxygens (including phenoxy) is 2. The first-order valence-corrected chi connectivity index (χ1v) is 7.71. The van der Waals surface area contributed by atoms with E-state index in [0.717, 1.165) is 24.6 Å². The van der Waals surface area contributed by atoms with Crippen LogP contribution in [0.15, 0.2) is 48.5 Å². The Morgan fingerprint density at radius 1 is 0.773 bits per heavy atom. The molecule has 118 valence electrons. The Kier molecular flexibility index (Phi) is 6.28. The van der Waals surface area contributed by atoms with E-state index in [4.69, 9.17) is 9.47 Å². The van der Waals surface area contributed by atoms with Crippen molar-refractivity contribution < 1.29 is 9.47 Å². The lowest BCUT2D eigenvalue weighted by molar-refractivity contribution is 0.202. The zero-order valence-corrected chi connectivity index (χ0v) is 13.7. The summed E-state index contributed by atoms with van der Waals surface area (Å²) in [6, 6.07) is 16.3. The van der Waals surface area contributed by atoms with Crippen LogP contribution in [0, 0.1) is 13.8 Å². The minimum absolute atomic E-state index is 0.685. The third kappa shape index (κ3) is 5.78. The summed E-state index contributed by atoms with van der Waals surface area (Å²) in [4.78, 5) is 2.21. The minimum atomic E-state index is 0.685. The second-order valence-electron chi connectivity index (χ2n) is 5.63.